The van der Waals surface area contributed by atoms with E-state index in [4.69, 9.17) is 5.73 Å². The van der Waals surface area contributed by atoms with Gasteiger partial charge in [0.1, 0.15) is 5.82 Å². The van der Waals surface area contributed by atoms with Gasteiger partial charge in [0.25, 0.3) is 0 Å². The number of aryl methyl sites for hydroxylation is 1. The lowest BCUT2D eigenvalue weighted by Crippen LogP contribution is -2.23. The number of benzene rings is 1. The standard InChI is InChI=1S/C16H17N3O/c1-10-6-15(18-9-14(10)17)19-16(20)13-7-11-4-2-3-5-12(11)8-13/h2-6,9,13H,7-8,17H2,1H3,(H,18,19,20). The van der Waals surface area contributed by atoms with Gasteiger partial charge in [-0.15, -0.1) is 0 Å². The second-order valence-corrected chi connectivity index (χ2v) is 5.29. The number of nitrogens with two attached hydrogens (primary N) is 1. The van der Waals surface area contributed by atoms with Crippen LogP contribution in [0.2, 0.25) is 0 Å². The molecule has 0 saturated carbocycles. The fourth-order valence-corrected chi connectivity index (χ4v) is 2.61. The Morgan fingerprint density at radius 2 is 1.95 bits per heavy atom. The number of hydrogen-bond donors (Lipinski definition) is 2. The predicted octanol–water partition coefficient (Wildman–Crippen LogP) is 2.33. The highest BCUT2D eigenvalue weighted by molar-refractivity contribution is 5.92. The van der Waals surface area contributed by atoms with Crippen LogP contribution in [0, 0.1) is 12.8 Å². The molecule has 3 N–H and O–H groups in total. The highest BCUT2D eigenvalue weighted by atomic mass is 16.1. The summed E-state index contributed by atoms with van der Waals surface area (Å²) in [6.07, 6.45) is 3.18. The van der Waals surface area contributed by atoms with E-state index in [-0.39, 0.29) is 11.8 Å². The summed E-state index contributed by atoms with van der Waals surface area (Å²) in [5.41, 5.74) is 9.83. The van der Waals surface area contributed by atoms with Crippen LogP contribution in [0.5, 0.6) is 0 Å². The summed E-state index contributed by atoms with van der Waals surface area (Å²) in [7, 11) is 0. The van der Waals surface area contributed by atoms with Gasteiger partial charge in [-0.05, 0) is 42.5 Å². The third-order valence-electron chi connectivity index (χ3n) is 3.82. The monoisotopic (exact) mass is 267 g/mol. The van der Waals surface area contributed by atoms with Crippen molar-refractivity contribution in [1.29, 1.82) is 0 Å². The molecular formula is C16H17N3O. The first-order valence-corrected chi connectivity index (χ1v) is 6.73. The van der Waals surface area contributed by atoms with Crippen LogP contribution in [-0.4, -0.2) is 10.9 Å². The zero-order valence-corrected chi connectivity index (χ0v) is 11.4. The van der Waals surface area contributed by atoms with Crippen LogP contribution in [0.4, 0.5) is 11.5 Å². The van der Waals surface area contributed by atoms with E-state index in [1.807, 2.05) is 19.1 Å². The lowest BCUT2D eigenvalue weighted by molar-refractivity contribution is -0.119. The number of nitrogens with zero attached hydrogens (tertiary/aromatic N) is 1. The Morgan fingerprint density at radius 3 is 2.55 bits per heavy atom. The Balaban J connectivity index is 1.71. The van der Waals surface area contributed by atoms with Crippen molar-refractivity contribution in [2.75, 3.05) is 11.1 Å². The molecule has 0 fully saturated rings. The average Bonchev–Trinajstić information content (AvgIpc) is 2.87. The van der Waals surface area contributed by atoms with E-state index in [0.29, 0.717) is 11.5 Å². The van der Waals surface area contributed by atoms with Crippen molar-refractivity contribution in [3.8, 4) is 0 Å². The minimum absolute atomic E-state index is 0.00735. The molecule has 0 unspecified atom stereocenters. The SMILES string of the molecule is Cc1cc(NC(=O)C2Cc3ccccc3C2)ncc1N. The van der Waals surface area contributed by atoms with E-state index in [1.54, 1.807) is 12.3 Å². The number of nitrogen functional groups attached to an aromatic ring is 1. The topological polar surface area (TPSA) is 68.0 Å². The molecule has 1 aromatic carbocycles. The number of pyridine rings is 1. The van der Waals surface area contributed by atoms with Gasteiger partial charge in [0, 0.05) is 5.92 Å². The van der Waals surface area contributed by atoms with Crippen molar-refractivity contribution < 1.29 is 4.79 Å². The van der Waals surface area contributed by atoms with Crippen LogP contribution in [0.1, 0.15) is 16.7 Å². The highest BCUT2D eigenvalue weighted by Gasteiger charge is 2.27. The first kappa shape index (κ1) is 12.7. The fraction of sp³-hybridized carbons (Fsp3) is 0.250. The van der Waals surface area contributed by atoms with Gasteiger partial charge in [-0.1, -0.05) is 24.3 Å². The number of carbonyl (C=O) groups is 1. The molecule has 1 aliphatic rings. The number of hydrogen-bond acceptors (Lipinski definition) is 3. The van der Waals surface area contributed by atoms with E-state index in [1.165, 1.54) is 11.1 Å². The summed E-state index contributed by atoms with van der Waals surface area (Å²) in [6, 6.07) is 10.0. The van der Waals surface area contributed by atoms with Crippen molar-refractivity contribution in [3.63, 3.8) is 0 Å². The minimum Gasteiger partial charge on any atom is -0.397 e. The van der Waals surface area contributed by atoms with Crippen LogP contribution < -0.4 is 11.1 Å². The number of anilines is 2. The second kappa shape index (κ2) is 4.96. The zero-order chi connectivity index (χ0) is 14.1. The quantitative estimate of drug-likeness (QED) is 0.877. The summed E-state index contributed by atoms with van der Waals surface area (Å²) in [6.45, 7) is 1.90. The van der Waals surface area contributed by atoms with Crippen LogP contribution in [0.3, 0.4) is 0 Å². The number of carbonyl (C=O) groups excluding carboxylic acids is 1. The molecule has 3 rings (SSSR count). The smallest absolute Gasteiger partial charge is 0.229 e. The summed E-state index contributed by atoms with van der Waals surface area (Å²) in [4.78, 5) is 16.4. The van der Waals surface area contributed by atoms with Crippen LogP contribution in [0.25, 0.3) is 0 Å². The van der Waals surface area contributed by atoms with Crippen LogP contribution in [-0.2, 0) is 17.6 Å². The zero-order valence-electron chi connectivity index (χ0n) is 11.4. The lowest BCUT2D eigenvalue weighted by Gasteiger charge is -2.10. The molecule has 1 aromatic heterocycles. The number of fused-ring (bicyclic) bond motifs is 1. The van der Waals surface area contributed by atoms with Gasteiger partial charge in [0.15, 0.2) is 0 Å². The van der Waals surface area contributed by atoms with Gasteiger partial charge in [-0.25, -0.2) is 4.98 Å². The average molecular weight is 267 g/mol. The number of rotatable bonds is 2. The fourth-order valence-electron chi connectivity index (χ4n) is 2.61. The number of nitrogens with one attached hydrogen (secondary N) is 1. The molecule has 0 aliphatic heterocycles. The molecule has 0 radical (unpaired) electrons. The Kier molecular flexibility index (Phi) is 3.14. The van der Waals surface area contributed by atoms with E-state index >= 15 is 0 Å². The maximum Gasteiger partial charge on any atom is 0.229 e. The number of amides is 1. The Bertz CT molecular complexity index is 642. The molecule has 0 atom stereocenters. The number of aromatic nitrogens is 1. The first-order valence-electron chi connectivity index (χ1n) is 6.73. The summed E-state index contributed by atoms with van der Waals surface area (Å²) < 4.78 is 0. The first-order chi connectivity index (χ1) is 9.63. The summed E-state index contributed by atoms with van der Waals surface area (Å²) >= 11 is 0. The van der Waals surface area contributed by atoms with Gasteiger partial charge >= 0.3 is 0 Å². The van der Waals surface area contributed by atoms with Crippen LogP contribution in [0.15, 0.2) is 36.5 Å². The molecule has 4 nitrogen and oxygen atoms in total. The van der Waals surface area contributed by atoms with Gasteiger partial charge in [0.2, 0.25) is 5.91 Å². The normalized spacial score (nSPS) is 14.1. The third kappa shape index (κ3) is 2.37. The van der Waals surface area contributed by atoms with Crippen molar-refractivity contribution >= 4 is 17.4 Å². The van der Waals surface area contributed by atoms with Crippen molar-refractivity contribution in [2.45, 2.75) is 19.8 Å². The summed E-state index contributed by atoms with van der Waals surface area (Å²) in [5, 5.41) is 2.88. The van der Waals surface area contributed by atoms with Crippen molar-refractivity contribution in [2.24, 2.45) is 5.92 Å². The largest absolute Gasteiger partial charge is 0.397 e. The van der Waals surface area contributed by atoms with Gasteiger partial charge in [0.05, 0.1) is 11.9 Å². The predicted molar refractivity (Wildman–Crippen MR) is 79.4 cm³/mol. The Hall–Kier alpha value is -2.36. The Morgan fingerprint density at radius 1 is 1.30 bits per heavy atom. The van der Waals surface area contributed by atoms with Crippen molar-refractivity contribution in [3.05, 3.63) is 53.2 Å². The van der Waals surface area contributed by atoms with E-state index < -0.39 is 0 Å². The van der Waals surface area contributed by atoms with Gasteiger partial charge in [-0.2, -0.15) is 0 Å². The minimum atomic E-state index is -0.00735. The lowest BCUT2D eigenvalue weighted by atomic mass is 10.1. The maximum absolute atomic E-state index is 12.3. The molecule has 1 heterocycles. The summed E-state index contributed by atoms with van der Waals surface area (Å²) in [5.74, 6) is 0.586. The molecule has 1 amide bonds. The molecule has 2 aromatic rings. The van der Waals surface area contributed by atoms with Crippen molar-refractivity contribution in [1.82, 2.24) is 4.98 Å². The molecule has 1 aliphatic carbocycles. The molecule has 0 saturated heterocycles. The molecule has 20 heavy (non-hydrogen) atoms. The van der Waals surface area contributed by atoms with Gasteiger partial charge in [-0.3, -0.25) is 4.79 Å². The van der Waals surface area contributed by atoms with E-state index in [2.05, 4.69) is 22.4 Å². The molecule has 0 spiro atoms. The van der Waals surface area contributed by atoms with Gasteiger partial charge < -0.3 is 11.1 Å². The van der Waals surface area contributed by atoms with Crippen LogP contribution >= 0.6 is 0 Å². The highest BCUT2D eigenvalue weighted by Crippen LogP contribution is 2.27. The molecule has 102 valence electrons. The van der Waals surface area contributed by atoms with E-state index in [0.717, 1.165) is 18.4 Å². The van der Waals surface area contributed by atoms with E-state index in [9.17, 15) is 4.79 Å². The second-order valence-electron chi connectivity index (χ2n) is 5.29. The third-order valence-corrected chi connectivity index (χ3v) is 3.82. The molecule has 4 heteroatoms. The Labute approximate surface area is 118 Å². The maximum atomic E-state index is 12.3. The molecular weight excluding hydrogens is 250 g/mol. The molecule has 0 bridgehead atoms.